The van der Waals surface area contributed by atoms with Gasteiger partial charge in [-0.2, -0.15) is 13.8 Å². The number of hydrogen-bond acceptors (Lipinski definition) is 6. The lowest BCUT2D eigenvalue weighted by Gasteiger charge is -2.36. The average molecular weight is 682 g/mol. The van der Waals surface area contributed by atoms with Crippen molar-refractivity contribution in [3.05, 3.63) is 138 Å². The van der Waals surface area contributed by atoms with Gasteiger partial charge in [0.25, 0.3) is 5.91 Å². The number of carbonyl (C=O) groups is 2. The number of sulfonamides is 1. The third kappa shape index (κ3) is 7.72. The predicted molar refractivity (Wildman–Crippen MR) is 192 cm³/mol. The lowest BCUT2D eigenvalue weighted by atomic mass is 9.75. The Bertz CT molecular complexity index is 1830. The van der Waals surface area contributed by atoms with Crippen LogP contribution in [0.1, 0.15) is 54.0 Å². The number of aryl methyl sites for hydroxylation is 1. The Morgan fingerprint density at radius 1 is 0.837 bits per heavy atom. The maximum atomic E-state index is 14.4. The quantitative estimate of drug-likeness (QED) is 0.165. The van der Waals surface area contributed by atoms with E-state index in [0.29, 0.717) is 24.9 Å². The van der Waals surface area contributed by atoms with Gasteiger partial charge in [0, 0.05) is 18.1 Å². The zero-order valence-corrected chi connectivity index (χ0v) is 28.7. The van der Waals surface area contributed by atoms with Crippen molar-refractivity contribution >= 4 is 27.7 Å². The molecule has 3 atom stereocenters. The number of piperidine rings is 1. The molecule has 2 amide bonds. The molecule has 3 N–H and O–H groups in total. The first kappa shape index (κ1) is 34.4. The highest BCUT2D eigenvalue weighted by Gasteiger charge is 2.60. The van der Waals surface area contributed by atoms with E-state index in [1.807, 2.05) is 109 Å². The molecule has 10 heteroatoms. The van der Waals surface area contributed by atoms with Crippen molar-refractivity contribution in [1.82, 2.24) is 20.1 Å². The van der Waals surface area contributed by atoms with E-state index in [1.165, 1.54) is 6.26 Å². The Hall–Kier alpha value is -4.51. The fourth-order valence-corrected chi connectivity index (χ4v) is 8.61. The summed E-state index contributed by atoms with van der Waals surface area (Å²) in [6.45, 7) is 1.70. The monoisotopic (exact) mass is 681 g/mol. The third-order valence-electron chi connectivity index (χ3n) is 9.90. The Morgan fingerprint density at radius 3 is 2.08 bits per heavy atom. The van der Waals surface area contributed by atoms with Crippen LogP contribution in [0.2, 0.25) is 0 Å². The molecular weight excluding hydrogens is 637 g/mol. The maximum Gasteiger partial charge on any atom is 0.408 e. The molecule has 1 fully saturated rings. The normalized spacial score (nSPS) is 19.4. The molecular formula is C39H45N4O5S+. The Morgan fingerprint density at radius 2 is 1.43 bits per heavy atom. The summed E-state index contributed by atoms with van der Waals surface area (Å²) in [6.07, 6.45) is 3.33. The van der Waals surface area contributed by atoms with Gasteiger partial charge in [-0.25, -0.2) is 4.79 Å². The molecule has 2 aliphatic heterocycles. The Labute approximate surface area is 289 Å². The van der Waals surface area contributed by atoms with E-state index in [2.05, 4.69) is 16.1 Å². The average Bonchev–Trinajstić information content (AvgIpc) is 3.38. The number of ether oxygens (including phenoxy) is 1. The molecule has 2 aliphatic rings. The number of alkyl carbamates (subject to hydrolysis) is 1. The summed E-state index contributed by atoms with van der Waals surface area (Å²) in [5.41, 5.74) is 6.99. The molecule has 0 radical (unpaired) electrons. The van der Waals surface area contributed by atoms with E-state index in [4.69, 9.17) is 4.74 Å². The van der Waals surface area contributed by atoms with Gasteiger partial charge in [0.15, 0.2) is 5.69 Å². The second kappa shape index (κ2) is 14.9. The summed E-state index contributed by atoms with van der Waals surface area (Å²) in [4.78, 5) is 28.1. The third-order valence-corrected chi connectivity index (χ3v) is 11.5. The molecule has 0 aliphatic carbocycles. The van der Waals surface area contributed by atoms with Crippen LogP contribution in [-0.2, 0) is 37.8 Å². The van der Waals surface area contributed by atoms with Crippen LogP contribution in [0.3, 0.4) is 0 Å². The largest absolute Gasteiger partial charge is 0.441 e. The van der Waals surface area contributed by atoms with Gasteiger partial charge in [0.05, 0.1) is 11.7 Å². The van der Waals surface area contributed by atoms with Gasteiger partial charge < -0.3 is 15.4 Å². The molecule has 1 saturated heterocycles. The molecule has 49 heavy (non-hydrogen) atoms. The minimum Gasteiger partial charge on any atom is -0.441 e. The zero-order chi connectivity index (χ0) is 34.3. The van der Waals surface area contributed by atoms with E-state index in [1.54, 1.807) is 6.07 Å². The summed E-state index contributed by atoms with van der Waals surface area (Å²) in [7, 11) is -3.92. The van der Waals surface area contributed by atoms with Crippen LogP contribution in [0.5, 0.6) is 0 Å². The number of fused-ring (bicyclic) bond motifs is 2. The Balaban J connectivity index is 1.27. The fraction of sp³-hybridized carbons (Fsp3) is 0.333. The van der Waals surface area contributed by atoms with E-state index in [0.717, 1.165) is 48.2 Å². The van der Waals surface area contributed by atoms with Gasteiger partial charge in [-0.3, -0.25) is 4.79 Å². The molecule has 0 saturated carbocycles. The summed E-state index contributed by atoms with van der Waals surface area (Å²) >= 11 is 0. The van der Waals surface area contributed by atoms with Crippen LogP contribution in [0.25, 0.3) is 0 Å². The van der Waals surface area contributed by atoms with Gasteiger partial charge in [-0.15, -0.1) is 0 Å². The topological polar surface area (TPSA) is 114 Å². The molecule has 4 aromatic rings. The fourth-order valence-electron chi connectivity index (χ4n) is 7.35. The number of nitrogens with zero attached hydrogens (tertiary/aromatic N) is 1. The Kier molecular flexibility index (Phi) is 10.5. The van der Waals surface area contributed by atoms with Gasteiger partial charge in [0.1, 0.15) is 18.7 Å². The number of nitrogens with one attached hydrogen (secondary N) is 3. The SMILES string of the molecule is CS(=O)(=O)[N+]1(NC(=O)C(CCCc2ccccc2)NC(=O)OC(Cc2ccccc2)c2ccccc2)CC2(CCNCC2)c2ccccc21. The van der Waals surface area contributed by atoms with Crippen molar-refractivity contribution in [3.63, 3.8) is 0 Å². The standard InChI is InChI=1S/C39H44N4O5S/c1-49(46,47)43(29-39(24-26-40-27-25-39)33-21-11-12-23-35(33)43)42-37(44)34(22-13-18-30-14-5-2-6-15-30)41-38(45)48-36(32-19-9-4-10-20-32)28-31-16-7-3-8-17-31/h2-12,14-17,19-21,23,34,36,40H,13,18,22,24-29H2,1H3,(H-,41,42,44,45)/p+1. The van der Waals surface area contributed by atoms with Crippen molar-refractivity contribution in [1.29, 1.82) is 0 Å². The lowest BCUT2D eigenvalue weighted by Crippen LogP contribution is -2.68. The number of benzene rings is 4. The van der Waals surface area contributed by atoms with Crippen LogP contribution in [0.15, 0.2) is 115 Å². The molecule has 4 aromatic carbocycles. The summed E-state index contributed by atoms with van der Waals surface area (Å²) < 4.78 is 33.0. The van der Waals surface area contributed by atoms with Gasteiger partial charge in [-0.1, -0.05) is 113 Å². The van der Waals surface area contributed by atoms with Crippen LogP contribution in [0, 0.1) is 0 Å². The summed E-state index contributed by atoms with van der Waals surface area (Å²) in [5.74, 6) is -0.574. The minimum absolute atomic E-state index is 0.187. The minimum atomic E-state index is -3.92. The highest BCUT2D eigenvalue weighted by Crippen LogP contribution is 2.50. The molecule has 256 valence electrons. The molecule has 0 aromatic heterocycles. The number of rotatable bonds is 12. The van der Waals surface area contributed by atoms with Crippen molar-refractivity contribution in [3.8, 4) is 0 Å². The highest BCUT2D eigenvalue weighted by molar-refractivity contribution is 7.90. The van der Waals surface area contributed by atoms with E-state index < -0.39 is 43.6 Å². The van der Waals surface area contributed by atoms with Crippen LogP contribution in [-0.4, -0.2) is 52.4 Å². The second-order valence-electron chi connectivity index (χ2n) is 13.2. The number of para-hydroxylation sites is 1. The van der Waals surface area contributed by atoms with Crippen molar-refractivity contribution in [2.24, 2.45) is 0 Å². The summed E-state index contributed by atoms with van der Waals surface area (Å²) in [6, 6.07) is 35.7. The first-order valence-corrected chi connectivity index (χ1v) is 18.9. The summed E-state index contributed by atoms with van der Waals surface area (Å²) in [5, 5.41) is 6.23. The number of quaternary nitrogens is 1. The number of amides is 2. The molecule has 2 heterocycles. The highest BCUT2D eigenvalue weighted by atomic mass is 32.2. The zero-order valence-electron chi connectivity index (χ0n) is 27.9. The van der Waals surface area contributed by atoms with E-state index in [9.17, 15) is 18.0 Å². The van der Waals surface area contributed by atoms with Crippen molar-refractivity contribution in [2.45, 2.75) is 56.1 Å². The van der Waals surface area contributed by atoms with E-state index in [-0.39, 0.29) is 13.0 Å². The predicted octanol–water partition coefficient (Wildman–Crippen LogP) is 5.72. The molecule has 3 unspecified atom stereocenters. The van der Waals surface area contributed by atoms with Crippen molar-refractivity contribution in [2.75, 3.05) is 25.9 Å². The first-order valence-electron chi connectivity index (χ1n) is 17.0. The molecule has 1 spiro atoms. The van der Waals surface area contributed by atoms with E-state index >= 15 is 0 Å². The van der Waals surface area contributed by atoms with Crippen LogP contribution >= 0.6 is 0 Å². The van der Waals surface area contributed by atoms with Gasteiger partial charge >= 0.3 is 16.1 Å². The number of carbonyl (C=O) groups excluding carboxylic acids is 2. The molecule has 6 rings (SSSR count). The van der Waals surface area contributed by atoms with Gasteiger partial charge in [-0.05, 0) is 61.9 Å². The lowest BCUT2D eigenvalue weighted by molar-refractivity contribution is -0.126. The van der Waals surface area contributed by atoms with Crippen LogP contribution in [0.4, 0.5) is 10.5 Å². The van der Waals surface area contributed by atoms with Crippen LogP contribution < -0.4 is 20.1 Å². The number of hydrogen-bond donors (Lipinski definition) is 3. The van der Waals surface area contributed by atoms with Gasteiger partial charge in [0.2, 0.25) is 0 Å². The first-order chi connectivity index (χ1) is 23.7. The second-order valence-corrected chi connectivity index (χ2v) is 15.3. The molecule has 9 nitrogen and oxygen atoms in total. The molecule has 0 bridgehead atoms. The smallest absolute Gasteiger partial charge is 0.408 e. The maximum absolute atomic E-state index is 14.4. The van der Waals surface area contributed by atoms with Crippen molar-refractivity contribution < 1.29 is 22.7 Å².